The molecule has 0 bridgehead atoms. The number of para-hydroxylation sites is 1. The average molecular weight is 342 g/mol. The van der Waals surface area contributed by atoms with Gasteiger partial charge in [0, 0.05) is 48.1 Å². The van der Waals surface area contributed by atoms with E-state index in [4.69, 9.17) is 0 Å². The van der Waals surface area contributed by atoms with Gasteiger partial charge in [0.05, 0.1) is 13.5 Å². The topological polar surface area (TPSA) is 79.5 Å². The molecule has 1 amide bonds. The normalized spacial score (nSPS) is 15.3. The molecule has 1 aliphatic rings. The largest absolute Gasteiger partial charge is 0.469 e. The van der Waals surface area contributed by atoms with Crippen LogP contribution in [0, 0.1) is 5.92 Å². The number of piperidine rings is 1. The number of nitrogens with one attached hydrogen (secondary N) is 1. The minimum Gasteiger partial charge on any atom is -0.469 e. The van der Waals surface area contributed by atoms with Crippen molar-refractivity contribution in [3.05, 3.63) is 36.0 Å². The second kappa shape index (κ2) is 7.51. The number of amides is 1. The molecule has 0 aliphatic carbocycles. The van der Waals surface area contributed by atoms with E-state index in [1.165, 1.54) is 7.11 Å². The number of likely N-dealkylation sites (tertiary alicyclic amines) is 1. The fourth-order valence-corrected chi connectivity index (χ4v) is 3.36. The van der Waals surface area contributed by atoms with E-state index in [-0.39, 0.29) is 36.4 Å². The fourth-order valence-electron chi connectivity index (χ4n) is 3.36. The van der Waals surface area contributed by atoms with Crippen LogP contribution in [-0.4, -0.2) is 47.7 Å². The number of nitrogens with zero attached hydrogens (tertiary/aromatic N) is 1. The number of carbonyl (C=O) groups excluding carboxylic acids is 3. The minimum absolute atomic E-state index is 0.0524. The number of H-pyrrole nitrogens is 1. The van der Waals surface area contributed by atoms with E-state index in [9.17, 15) is 14.4 Å². The summed E-state index contributed by atoms with van der Waals surface area (Å²) in [4.78, 5) is 41.0. The van der Waals surface area contributed by atoms with Crippen molar-refractivity contribution in [1.29, 1.82) is 0 Å². The van der Waals surface area contributed by atoms with E-state index in [0.717, 1.165) is 16.5 Å². The van der Waals surface area contributed by atoms with Gasteiger partial charge in [0.1, 0.15) is 0 Å². The molecule has 0 unspecified atom stereocenters. The lowest BCUT2D eigenvalue weighted by Gasteiger charge is -2.31. The highest BCUT2D eigenvalue weighted by Gasteiger charge is 2.29. The second-order valence-corrected chi connectivity index (χ2v) is 6.34. The van der Waals surface area contributed by atoms with Crippen LogP contribution in [0.15, 0.2) is 30.5 Å². The van der Waals surface area contributed by atoms with E-state index in [2.05, 4.69) is 9.72 Å². The number of ketones is 1. The molecule has 6 heteroatoms. The molecule has 1 aromatic carbocycles. The van der Waals surface area contributed by atoms with Crippen molar-refractivity contribution in [3.8, 4) is 0 Å². The smallest absolute Gasteiger partial charge is 0.306 e. The molecule has 6 nitrogen and oxygen atoms in total. The number of aromatic amines is 1. The Morgan fingerprint density at radius 3 is 2.60 bits per heavy atom. The Labute approximate surface area is 146 Å². The van der Waals surface area contributed by atoms with Gasteiger partial charge < -0.3 is 14.6 Å². The third-order valence-electron chi connectivity index (χ3n) is 4.84. The number of hydrogen-bond donors (Lipinski definition) is 1. The summed E-state index contributed by atoms with van der Waals surface area (Å²) in [5.74, 6) is -0.357. The minimum atomic E-state index is -0.377. The maximum Gasteiger partial charge on any atom is 0.306 e. The molecular weight excluding hydrogens is 320 g/mol. The Morgan fingerprint density at radius 2 is 1.88 bits per heavy atom. The molecule has 3 rings (SSSR count). The SMILES string of the molecule is COC(=O)CCC(=O)N1CCC(C(=O)c2c[nH]c3ccccc23)CC1. The molecular formula is C19H22N2O4. The van der Waals surface area contributed by atoms with Gasteiger partial charge in [0.2, 0.25) is 5.91 Å². The molecule has 0 saturated carbocycles. The highest BCUT2D eigenvalue weighted by atomic mass is 16.5. The first-order valence-corrected chi connectivity index (χ1v) is 8.55. The van der Waals surface area contributed by atoms with Crippen LogP contribution in [0.3, 0.4) is 0 Å². The van der Waals surface area contributed by atoms with Gasteiger partial charge in [-0.05, 0) is 18.9 Å². The molecule has 25 heavy (non-hydrogen) atoms. The zero-order chi connectivity index (χ0) is 17.8. The zero-order valence-corrected chi connectivity index (χ0v) is 14.3. The molecule has 132 valence electrons. The first-order valence-electron chi connectivity index (χ1n) is 8.55. The lowest BCUT2D eigenvalue weighted by molar-refractivity contribution is -0.143. The van der Waals surface area contributed by atoms with Crippen LogP contribution in [0.25, 0.3) is 10.9 Å². The van der Waals surface area contributed by atoms with Crippen molar-refractivity contribution in [2.75, 3.05) is 20.2 Å². The molecule has 2 aromatic rings. The van der Waals surface area contributed by atoms with Crippen molar-refractivity contribution in [2.45, 2.75) is 25.7 Å². The number of rotatable bonds is 5. The molecule has 1 N–H and O–H groups in total. The summed E-state index contributed by atoms with van der Waals surface area (Å²) in [6, 6.07) is 7.76. The van der Waals surface area contributed by atoms with Crippen molar-refractivity contribution in [2.24, 2.45) is 5.92 Å². The summed E-state index contributed by atoms with van der Waals surface area (Å²) >= 11 is 0. The van der Waals surface area contributed by atoms with Crippen LogP contribution in [0.4, 0.5) is 0 Å². The van der Waals surface area contributed by atoms with Crippen LogP contribution in [0.2, 0.25) is 0 Å². The lowest BCUT2D eigenvalue weighted by atomic mass is 9.88. The number of benzene rings is 1. The Hall–Kier alpha value is -2.63. The fraction of sp³-hybridized carbons (Fsp3) is 0.421. The van der Waals surface area contributed by atoms with Crippen LogP contribution in [-0.2, 0) is 14.3 Å². The van der Waals surface area contributed by atoms with E-state index in [1.54, 1.807) is 11.1 Å². The number of carbonyl (C=O) groups is 3. The predicted molar refractivity (Wildman–Crippen MR) is 93.2 cm³/mol. The average Bonchev–Trinajstić information content (AvgIpc) is 3.09. The molecule has 1 aromatic heterocycles. The first kappa shape index (κ1) is 17.2. The van der Waals surface area contributed by atoms with Crippen LogP contribution in [0.1, 0.15) is 36.0 Å². The number of hydrogen-bond acceptors (Lipinski definition) is 4. The number of methoxy groups -OCH3 is 1. The number of esters is 1. The first-order chi connectivity index (χ1) is 12.1. The molecule has 0 spiro atoms. The van der Waals surface area contributed by atoms with Crippen molar-refractivity contribution < 1.29 is 19.1 Å². The summed E-state index contributed by atoms with van der Waals surface area (Å²) in [5, 5.41) is 0.948. The quantitative estimate of drug-likeness (QED) is 0.669. The van der Waals surface area contributed by atoms with Crippen molar-refractivity contribution in [1.82, 2.24) is 9.88 Å². The van der Waals surface area contributed by atoms with E-state index < -0.39 is 0 Å². The zero-order valence-electron chi connectivity index (χ0n) is 14.3. The third-order valence-corrected chi connectivity index (χ3v) is 4.84. The third kappa shape index (κ3) is 3.73. The Morgan fingerprint density at radius 1 is 1.16 bits per heavy atom. The number of ether oxygens (including phenoxy) is 1. The molecule has 0 radical (unpaired) electrons. The summed E-state index contributed by atoms with van der Waals surface area (Å²) in [7, 11) is 1.31. The van der Waals surface area contributed by atoms with Crippen LogP contribution < -0.4 is 0 Å². The molecule has 1 saturated heterocycles. The summed E-state index contributed by atoms with van der Waals surface area (Å²) < 4.78 is 4.56. The van der Waals surface area contributed by atoms with Gasteiger partial charge >= 0.3 is 5.97 Å². The van der Waals surface area contributed by atoms with Gasteiger partial charge in [-0.25, -0.2) is 0 Å². The van der Waals surface area contributed by atoms with Gasteiger partial charge in [-0.2, -0.15) is 0 Å². The Balaban J connectivity index is 1.58. The number of fused-ring (bicyclic) bond motifs is 1. The number of aromatic nitrogens is 1. The predicted octanol–water partition coefficient (Wildman–Crippen LogP) is 2.54. The van der Waals surface area contributed by atoms with E-state index >= 15 is 0 Å². The van der Waals surface area contributed by atoms with E-state index in [1.807, 2.05) is 24.3 Å². The van der Waals surface area contributed by atoms with Gasteiger partial charge in [-0.15, -0.1) is 0 Å². The van der Waals surface area contributed by atoms with E-state index in [0.29, 0.717) is 25.9 Å². The lowest BCUT2D eigenvalue weighted by Crippen LogP contribution is -2.40. The number of Topliss-reactive ketones (excluding diaryl/α,β-unsaturated/α-hetero) is 1. The van der Waals surface area contributed by atoms with Gasteiger partial charge in [0.25, 0.3) is 0 Å². The van der Waals surface area contributed by atoms with Crippen LogP contribution >= 0.6 is 0 Å². The molecule has 0 atom stereocenters. The van der Waals surface area contributed by atoms with Crippen LogP contribution in [0.5, 0.6) is 0 Å². The summed E-state index contributed by atoms with van der Waals surface area (Å²) in [5.41, 5.74) is 1.69. The molecule has 1 aliphatic heterocycles. The highest BCUT2D eigenvalue weighted by Crippen LogP contribution is 2.26. The monoisotopic (exact) mass is 342 g/mol. The second-order valence-electron chi connectivity index (χ2n) is 6.34. The standard InChI is InChI=1S/C19H22N2O4/c1-25-18(23)7-6-17(22)21-10-8-13(9-11-21)19(24)15-12-20-16-5-3-2-4-14(15)16/h2-5,12-13,20H,6-11H2,1H3. The summed E-state index contributed by atoms with van der Waals surface area (Å²) in [6.45, 7) is 1.11. The van der Waals surface area contributed by atoms with Crippen molar-refractivity contribution in [3.63, 3.8) is 0 Å². The highest BCUT2D eigenvalue weighted by molar-refractivity contribution is 6.08. The van der Waals surface area contributed by atoms with Gasteiger partial charge in [-0.1, -0.05) is 18.2 Å². The Kier molecular flexibility index (Phi) is 5.16. The molecule has 2 heterocycles. The molecule has 1 fully saturated rings. The Bertz CT molecular complexity index is 788. The maximum absolute atomic E-state index is 12.8. The maximum atomic E-state index is 12.8. The van der Waals surface area contributed by atoms with Gasteiger partial charge in [-0.3, -0.25) is 14.4 Å². The van der Waals surface area contributed by atoms with Crippen molar-refractivity contribution >= 4 is 28.6 Å². The summed E-state index contributed by atoms with van der Waals surface area (Å²) in [6.07, 6.45) is 3.35. The van der Waals surface area contributed by atoms with Gasteiger partial charge in [0.15, 0.2) is 5.78 Å².